The Balaban J connectivity index is 1.61. The molecular formula is C24H20F4. The lowest BCUT2D eigenvalue weighted by Gasteiger charge is -2.22. The SMILES string of the molecule is Fc1cc(-c2ccc(C3CCCCC3)cc2)ccc1-c1cc(F)c(F)c(F)c1. The van der Waals surface area contributed by atoms with Crippen LogP contribution in [0.5, 0.6) is 0 Å². The molecule has 0 saturated heterocycles. The van der Waals surface area contributed by atoms with Crippen molar-refractivity contribution in [3.05, 3.63) is 83.4 Å². The molecule has 3 aromatic rings. The first kappa shape index (κ1) is 18.7. The first-order valence-electron chi connectivity index (χ1n) is 9.58. The van der Waals surface area contributed by atoms with Crippen molar-refractivity contribution in [3.63, 3.8) is 0 Å². The summed E-state index contributed by atoms with van der Waals surface area (Å²) in [6.45, 7) is 0. The fraction of sp³-hybridized carbons (Fsp3) is 0.250. The third-order valence-electron chi connectivity index (χ3n) is 5.58. The van der Waals surface area contributed by atoms with Crippen molar-refractivity contribution >= 4 is 0 Å². The van der Waals surface area contributed by atoms with Crippen LogP contribution in [0.3, 0.4) is 0 Å². The summed E-state index contributed by atoms with van der Waals surface area (Å²) >= 11 is 0. The molecule has 28 heavy (non-hydrogen) atoms. The topological polar surface area (TPSA) is 0 Å². The largest absolute Gasteiger partial charge is 0.206 e. The van der Waals surface area contributed by atoms with Crippen LogP contribution < -0.4 is 0 Å². The fourth-order valence-electron chi connectivity index (χ4n) is 4.02. The van der Waals surface area contributed by atoms with Crippen LogP contribution in [0.1, 0.15) is 43.6 Å². The lowest BCUT2D eigenvalue weighted by molar-refractivity contribution is 0.443. The van der Waals surface area contributed by atoms with Crippen molar-refractivity contribution in [2.75, 3.05) is 0 Å². The molecule has 1 saturated carbocycles. The van der Waals surface area contributed by atoms with E-state index in [-0.39, 0.29) is 11.1 Å². The van der Waals surface area contributed by atoms with Crippen LogP contribution in [-0.2, 0) is 0 Å². The van der Waals surface area contributed by atoms with E-state index in [1.165, 1.54) is 49.8 Å². The monoisotopic (exact) mass is 384 g/mol. The van der Waals surface area contributed by atoms with Crippen LogP contribution in [-0.4, -0.2) is 0 Å². The molecule has 0 radical (unpaired) electrons. The van der Waals surface area contributed by atoms with Gasteiger partial charge in [-0.05, 0) is 59.2 Å². The van der Waals surface area contributed by atoms with Crippen LogP contribution in [0.2, 0.25) is 0 Å². The second kappa shape index (κ2) is 7.78. The summed E-state index contributed by atoms with van der Waals surface area (Å²) in [7, 11) is 0. The van der Waals surface area contributed by atoms with E-state index in [1.807, 2.05) is 12.1 Å². The highest BCUT2D eigenvalue weighted by atomic mass is 19.2. The number of hydrogen-bond donors (Lipinski definition) is 0. The summed E-state index contributed by atoms with van der Waals surface area (Å²) in [6, 6.07) is 14.3. The van der Waals surface area contributed by atoms with E-state index in [0.717, 1.165) is 17.7 Å². The normalized spacial score (nSPS) is 15.0. The van der Waals surface area contributed by atoms with Gasteiger partial charge in [0.2, 0.25) is 0 Å². The summed E-state index contributed by atoms with van der Waals surface area (Å²) in [6.07, 6.45) is 6.27. The Kier molecular flexibility index (Phi) is 5.21. The molecule has 0 heterocycles. The molecule has 0 atom stereocenters. The van der Waals surface area contributed by atoms with Crippen molar-refractivity contribution in [2.45, 2.75) is 38.0 Å². The molecule has 4 rings (SSSR count). The van der Waals surface area contributed by atoms with Gasteiger partial charge in [0.25, 0.3) is 0 Å². The van der Waals surface area contributed by atoms with E-state index in [1.54, 1.807) is 6.07 Å². The van der Waals surface area contributed by atoms with Crippen LogP contribution >= 0.6 is 0 Å². The van der Waals surface area contributed by atoms with Crippen molar-refractivity contribution in [1.82, 2.24) is 0 Å². The summed E-state index contributed by atoms with van der Waals surface area (Å²) in [4.78, 5) is 0. The highest BCUT2D eigenvalue weighted by Gasteiger charge is 2.16. The molecular weight excluding hydrogens is 364 g/mol. The summed E-state index contributed by atoms with van der Waals surface area (Å²) in [5.41, 5.74) is 2.87. The predicted octanol–water partition coefficient (Wildman–Crippen LogP) is 7.62. The molecule has 144 valence electrons. The van der Waals surface area contributed by atoms with E-state index >= 15 is 0 Å². The third kappa shape index (κ3) is 3.68. The molecule has 0 aromatic heterocycles. The predicted molar refractivity (Wildman–Crippen MR) is 103 cm³/mol. The maximum Gasteiger partial charge on any atom is 0.194 e. The highest BCUT2D eigenvalue weighted by Crippen LogP contribution is 2.34. The average molecular weight is 384 g/mol. The van der Waals surface area contributed by atoms with E-state index in [0.29, 0.717) is 11.5 Å². The van der Waals surface area contributed by atoms with Gasteiger partial charge in [0.15, 0.2) is 17.5 Å². The first-order valence-corrected chi connectivity index (χ1v) is 9.58. The minimum atomic E-state index is -1.56. The van der Waals surface area contributed by atoms with Crippen LogP contribution in [0.25, 0.3) is 22.3 Å². The Morgan fingerprint density at radius 3 is 1.75 bits per heavy atom. The third-order valence-corrected chi connectivity index (χ3v) is 5.58. The van der Waals surface area contributed by atoms with E-state index in [9.17, 15) is 17.6 Å². The molecule has 3 aromatic carbocycles. The molecule has 0 amide bonds. The molecule has 1 aliphatic rings. The lowest BCUT2D eigenvalue weighted by Crippen LogP contribution is -2.04. The Morgan fingerprint density at radius 1 is 0.571 bits per heavy atom. The Labute approximate surface area is 161 Å². The van der Waals surface area contributed by atoms with Gasteiger partial charge in [-0.1, -0.05) is 55.7 Å². The summed E-state index contributed by atoms with van der Waals surface area (Å²) in [5, 5.41) is 0. The van der Waals surface area contributed by atoms with Gasteiger partial charge in [0.05, 0.1) is 0 Å². The van der Waals surface area contributed by atoms with E-state index in [4.69, 9.17) is 0 Å². The zero-order valence-electron chi connectivity index (χ0n) is 15.3. The molecule has 0 nitrogen and oxygen atoms in total. The zero-order chi connectivity index (χ0) is 19.7. The minimum absolute atomic E-state index is 0.0281. The smallest absolute Gasteiger partial charge is 0.194 e. The van der Waals surface area contributed by atoms with Crippen LogP contribution in [0, 0.1) is 23.3 Å². The molecule has 0 spiro atoms. The Bertz CT molecular complexity index is 963. The Hall–Kier alpha value is -2.62. The maximum absolute atomic E-state index is 14.6. The maximum atomic E-state index is 14.6. The van der Waals surface area contributed by atoms with Crippen molar-refractivity contribution in [3.8, 4) is 22.3 Å². The van der Waals surface area contributed by atoms with Gasteiger partial charge >= 0.3 is 0 Å². The quantitative estimate of drug-likeness (QED) is 0.322. The van der Waals surface area contributed by atoms with Gasteiger partial charge in [-0.15, -0.1) is 0 Å². The van der Waals surface area contributed by atoms with Crippen LogP contribution in [0.15, 0.2) is 54.6 Å². The van der Waals surface area contributed by atoms with Gasteiger partial charge < -0.3 is 0 Å². The van der Waals surface area contributed by atoms with Crippen LogP contribution in [0.4, 0.5) is 17.6 Å². The average Bonchev–Trinajstić information content (AvgIpc) is 2.72. The fourth-order valence-corrected chi connectivity index (χ4v) is 4.02. The van der Waals surface area contributed by atoms with Crippen molar-refractivity contribution in [1.29, 1.82) is 0 Å². The number of benzene rings is 3. The molecule has 4 heteroatoms. The second-order valence-electron chi connectivity index (χ2n) is 7.41. The molecule has 1 aliphatic carbocycles. The molecule has 0 bridgehead atoms. The number of hydrogen-bond acceptors (Lipinski definition) is 0. The van der Waals surface area contributed by atoms with Gasteiger partial charge in [0.1, 0.15) is 5.82 Å². The van der Waals surface area contributed by atoms with Gasteiger partial charge in [-0.2, -0.15) is 0 Å². The van der Waals surface area contributed by atoms with Crippen molar-refractivity contribution < 1.29 is 17.6 Å². The molecule has 0 unspecified atom stereocenters. The van der Waals surface area contributed by atoms with Gasteiger partial charge in [-0.25, -0.2) is 17.6 Å². The second-order valence-corrected chi connectivity index (χ2v) is 7.41. The Morgan fingerprint density at radius 2 is 1.14 bits per heavy atom. The molecule has 0 aliphatic heterocycles. The minimum Gasteiger partial charge on any atom is -0.206 e. The summed E-state index contributed by atoms with van der Waals surface area (Å²) < 4.78 is 54.7. The van der Waals surface area contributed by atoms with Gasteiger partial charge in [-0.3, -0.25) is 0 Å². The summed E-state index contributed by atoms with van der Waals surface area (Å²) in [5.74, 6) is -4.24. The molecule has 0 N–H and O–H groups in total. The number of halogens is 4. The molecule has 1 fully saturated rings. The number of rotatable bonds is 3. The van der Waals surface area contributed by atoms with E-state index < -0.39 is 23.3 Å². The zero-order valence-corrected chi connectivity index (χ0v) is 15.3. The van der Waals surface area contributed by atoms with Gasteiger partial charge in [0, 0.05) is 5.56 Å². The van der Waals surface area contributed by atoms with E-state index in [2.05, 4.69) is 12.1 Å². The lowest BCUT2D eigenvalue weighted by atomic mass is 9.83. The standard InChI is InChI=1S/C24H20F4/c25-21-12-18(10-11-20(21)19-13-22(26)24(28)23(27)14-19)17-8-6-16(7-9-17)15-4-2-1-3-5-15/h6-15H,1-5H2. The highest BCUT2D eigenvalue weighted by molar-refractivity contribution is 5.71. The first-order chi connectivity index (χ1) is 13.5. The van der Waals surface area contributed by atoms with Crippen molar-refractivity contribution in [2.24, 2.45) is 0 Å².